The number of rotatable bonds is 10. The van der Waals surface area contributed by atoms with Crippen LogP contribution in [-0.4, -0.2) is 35.2 Å². The monoisotopic (exact) mass is 534 g/mol. The Kier molecular flexibility index (Phi) is 8.18. The molecule has 33 heavy (non-hydrogen) atoms. The van der Waals surface area contributed by atoms with Crippen molar-refractivity contribution in [3.63, 3.8) is 0 Å². The van der Waals surface area contributed by atoms with Gasteiger partial charge in [0, 0.05) is 16.7 Å². The van der Waals surface area contributed by atoms with Crippen LogP contribution < -0.4 is 24.2 Å². The normalized spacial score (nSPS) is 10.9. The highest BCUT2D eigenvalue weighted by Crippen LogP contribution is 2.27. The minimum atomic E-state index is -3.74. The molecule has 0 spiro atoms. The molecule has 174 valence electrons. The van der Waals surface area contributed by atoms with E-state index in [9.17, 15) is 13.2 Å². The Morgan fingerprint density at radius 2 is 1.58 bits per heavy atom. The van der Waals surface area contributed by atoms with Gasteiger partial charge in [-0.1, -0.05) is 22.0 Å². The van der Waals surface area contributed by atoms with E-state index in [1.165, 1.54) is 24.3 Å². The number of nitrogens with one attached hydrogen (secondary N) is 2. The lowest BCUT2D eigenvalue weighted by Crippen LogP contribution is -2.28. The van der Waals surface area contributed by atoms with Crippen molar-refractivity contribution in [1.29, 1.82) is 0 Å². The van der Waals surface area contributed by atoms with Crippen molar-refractivity contribution >= 4 is 37.5 Å². The van der Waals surface area contributed by atoms with Crippen molar-refractivity contribution in [3.8, 4) is 17.2 Å². The molecule has 3 aromatic carbocycles. The number of hydrogen-bond acceptors (Lipinski definition) is 6. The Bertz CT molecular complexity index is 1200. The third-order valence-electron chi connectivity index (χ3n) is 4.54. The summed E-state index contributed by atoms with van der Waals surface area (Å²) in [5.74, 6) is 1.23. The van der Waals surface area contributed by atoms with Gasteiger partial charge in [-0.3, -0.25) is 9.52 Å². The molecule has 0 radical (unpaired) electrons. The first-order valence-corrected chi connectivity index (χ1v) is 12.1. The van der Waals surface area contributed by atoms with Crippen LogP contribution in [0.3, 0.4) is 0 Å². The molecule has 10 heteroatoms. The molecule has 2 N–H and O–H groups in total. The maximum Gasteiger partial charge on any atom is 0.261 e. The molecule has 3 rings (SSSR count). The molecule has 3 aromatic rings. The summed E-state index contributed by atoms with van der Waals surface area (Å²) in [6.45, 7) is 0.0813. The lowest BCUT2D eigenvalue weighted by Gasteiger charge is -2.11. The molecular formula is C23H23BrN2O6S. The fourth-order valence-electron chi connectivity index (χ4n) is 2.84. The van der Waals surface area contributed by atoms with E-state index in [1.54, 1.807) is 50.6 Å². The lowest BCUT2D eigenvalue weighted by molar-refractivity contribution is -0.123. The molecule has 0 atom stereocenters. The van der Waals surface area contributed by atoms with E-state index in [2.05, 4.69) is 26.0 Å². The summed E-state index contributed by atoms with van der Waals surface area (Å²) in [6, 6.07) is 18.0. The number of sulfonamides is 1. The Hall–Kier alpha value is -3.24. The van der Waals surface area contributed by atoms with Crippen LogP contribution in [0.15, 0.2) is 76.1 Å². The van der Waals surface area contributed by atoms with Crippen LogP contribution in [0.1, 0.15) is 5.56 Å². The summed E-state index contributed by atoms with van der Waals surface area (Å²) in [7, 11) is -0.647. The predicted octanol–water partition coefficient (Wildman–Crippen LogP) is 3.96. The van der Waals surface area contributed by atoms with Gasteiger partial charge in [0.1, 0.15) is 5.75 Å². The van der Waals surface area contributed by atoms with E-state index in [-0.39, 0.29) is 17.4 Å². The number of carbonyl (C=O) groups excluding carboxylic acids is 1. The number of methoxy groups -OCH3 is 2. The second-order valence-electron chi connectivity index (χ2n) is 6.84. The highest BCUT2D eigenvalue weighted by Gasteiger charge is 2.14. The zero-order chi connectivity index (χ0) is 23.8. The number of anilines is 1. The number of amides is 1. The molecule has 0 aliphatic carbocycles. The molecule has 0 unspecified atom stereocenters. The first-order valence-electron chi connectivity index (χ1n) is 9.79. The number of carbonyl (C=O) groups is 1. The first kappa shape index (κ1) is 24.4. The second kappa shape index (κ2) is 11.1. The zero-order valence-electron chi connectivity index (χ0n) is 18.0. The second-order valence-corrected chi connectivity index (χ2v) is 9.44. The first-order chi connectivity index (χ1) is 15.8. The maximum absolute atomic E-state index is 12.5. The van der Waals surface area contributed by atoms with Gasteiger partial charge < -0.3 is 19.5 Å². The van der Waals surface area contributed by atoms with Crippen LogP contribution in [0.4, 0.5) is 5.69 Å². The molecule has 8 nitrogen and oxygen atoms in total. The number of ether oxygens (including phenoxy) is 3. The van der Waals surface area contributed by atoms with Crippen LogP contribution in [0.2, 0.25) is 0 Å². The van der Waals surface area contributed by atoms with Gasteiger partial charge in [-0.05, 0) is 66.2 Å². The highest BCUT2D eigenvalue weighted by molar-refractivity contribution is 9.10. The quantitative estimate of drug-likeness (QED) is 0.408. The van der Waals surface area contributed by atoms with Gasteiger partial charge in [0.25, 0.3) is 15.9 Å². The minimum Gasteiger partial charge on any atom is -0.493 e. The SMILES string of the molecule is COc1ccc(CNC(=O)COc2ccc(S(=O)(=O)Nc3ccc(Br)cc3)cc2)cc1OC. The molecule has 0 bridgehead atoms. The van der Waals surface area contributed by atoms with Crippen LogP contribution in [-0.2, 0) is 21.4 Å². The van der Waals surface area contributed by atoms with Crippen LogP contribution in [0.5, 0.6) is 17.2 Å². The van der Waals surface area contributed by atoms with E-state index in [4.69, 9.17) is 14.2 Å². The van der Waals surface area contributed by atoms with Crippen molar-refractivity contribution in [2.24, 2.45) is 0 Å². The highest BCUT2D eigenvalue weighted by atomic mass is 79.9. The molecule has 0 aromatic heterocycles. The van der Waals surface area contributed by atoms with Gasteiger partial charge in [-0.25, -0.2) is 8.42 Å². The van der Waals surface area contributed by atoms with Crippen molar-refractivity contribution in [3.05, 3.63) is 76.8 Å². The molecule has 0 fully saturated rings. The van der Waals surface area contributed by atoms with Crippen molar-refractivity contribution in [2.75, 3.05) is 25.5 Å². The number of hydrogen-bond donors (Lipinski definition) is 2. The third-order valence-corrected chi connectivity index (χ3v) is 6.46. The summed E-state index contributed by atoms with van der Waals surface area (Å²) in [4.78, 5) is 12.2. The number of benzene rings is 3. The summed E-state index contributed by atoms with van der Waals surface area (Å²) in [5, 5.41) is 2.76. The molecular weight excluding hydrogens is 512 g/mol. The molecule has 0 saturated carbocycles. The third kappa shape index (κ3) is 6.87. The minimum absolute atomic E-state index is 0.0793. The summed E-state index contributed by atoms with van der Waals surface area (Å²) in [6.07, 6.45) is 0. The Morgan fingerprint density at radius 1 is 0.909 bits per heavy atom. The van der Waals surface area contributed by atoms with E-state index >= 15 is 0 Å². The van der Waals surface area contributed by atoms with Crippen LogP contribution in [0, 0.1) is 0 Å². The summed E-state index contributed by atoms with van der Waals surface area (Å²) in [5.41, 5.74) is 1.29. The van der Waals surface area contributed by atoms with Crippen molar-refractivity contribution < 1.29 is 27.4 Å². The molecule has 0 aliphatic rings. The summed E-state index contributed by atoms with van der Waals surface area (Å²) >= 11 is 3.31. The van der Waals surface area contributed by atoms with Gasteiger partial charge >= 0.3 is 0 Å². The van der Waals surface area contributed by atoms with E-state index in [0.717, 1.165) is 10.0 Å². The molecule has 1 amide bonds. The topological polar surface area (TPSA) is 103 Å². The Balaban J connectivity index is 1.51. The van der Waals surface area contributed by atoms with Crippen molar-refractivity contribution in [2.45, 2.75) is 11.4 Å². The lowest BCUT2D eigenvalue weighted by atomic mass is 10.2. The Morgan fingerprint density at radius 3 is 2.21 bits per heavy atom. The predicted molar refractivity (Wildman–Crippen MR) is 128 cm³/mol. The van der Waals surface area contributed by atoms with Gasteiger partial charge in [0.2, 0.25) is 0 Å². The average Bonchev–Trinajstić information content (AvgIpc) is 2.82. The average molecular weight is 535 g/mol. The molecule has 0 heterocycles. The zero-order valence-corrected chi connectivity index (χ0v) is 20.4. The molecule has 0 saturated heterocycles. The van der Waals surface area contributed by atoms with Crippen LogP contribution in [0.25, 0.3) is 0 Å². The van der Waals surface area contributed by atoms with Gasteiger partial charge in [0.15, 0.2) is 18.1 Å². The number of halogens is 1. The summed E-state index contributed by atoms with van der Waals surface area (Å²) < 4.78 is 44.3. The van der Waals surface area contributed by atoms with E-state index in [0.29, 0.717) is 29.5 Å². The standard InChI is InChI=1S/C23H23BrN2O6S/c1-30-21-12-3-16(13-22(21)31-2)14-25-23(27)15-32-19-8-10-20(11-9-19)33(28,29)26-18-6-4-17(24)5-7-18/h3-13,26H,14-15H2,1-2H3,(H,25,27). The fourth-order valence-corrected chi connectivity index (χ4v) is 4.16. The Labute approximate surface area is 201 Å². The van der Waals surface area contributed by atoms with Crippen LogP contribution >= 0.6 is 15.9 Å². The van der Waals surface area contributed by atoms with E-state index < -0.39 is 10.0 Å². The van der Waals surface area contributed by atoms with Gasteiger partial charge in [-0.2, -0.15) is 0 Å². The van der Waals surface area contributed by atoms with Gasteiger partial charge in [-0.15, -0.1) is 0 Å². The van der Waals surface area contributed by atoms with E-state index in [1.807, 2.05) is 6.07 Å². The van der Waals surface area contributed by atoms with Gasteiger partial charge in [0.05, 0.1) is 19.1 Å². The fraction of sp³-hybridized carbons (Fsp3) is 0.174. The molecule has 0 aliphatic heterocycles. The largest absolute Gasteiger partial charge is 0.493 e. The smallest absolute Gasteiger partial charge is 0.261 e. The van der Waals surface area contributed by atoms with Crippen molar-refractivity contribution in [1.82, 2.24) is 5.32 Å². The maximum atomic E-state index is 12.5.